The molecule has 3 rings (SSSR count). The van der Waals surface area contributed by atoms with Gasteiger partial charge in [-0.1, -0.05) is 35.9 Å². The van der Waals surface area contributed by atoms with E-state index in [-0.39, 0.29) is 23.9 Å². The summed E-state index contributed by atoms with van der Waals surface area (Å²) in [5.41, 5.74) is 3.55. The van der Waals surface area contributed by atoms with Crippen LogP contribution in [0.25, 0.3) is 0 Å². The number of carbonyl (C=O) groups excluding carboxylic acids is 1. The van der Waals surface area contributed by atoms with Crippen LogP contribution in [-0.4, -0.2) is 11.9 Å². The molecule has 1 aromatic rings. The minimum Gasteiger partial charge on any atom is -0.365 e. The number of hydrogen-bond acceptors (Lipinski definition) is 2. The Hall–Kier alpha value is -1.41. The van der Waals surface area contributed by atoms with Gasteiger partial charge in [0, 0.05) is 6.42 Å². The zero-order valence-corrected chi connectivity index (χ0v) is 10.1. The van der Waals surface area contributed by atoms with Gasteiger partial charge in [-0.05, 0) is 25.0 Å². The van der Waals surface area contributed by atoms with Crippen molar-refractivity contribution in [3.05, 3.63) is 47.0 Å². The number of ketones is 1. The van der Waals surface area contributed by atoms with E-state index in [4.69, 9.17) is 4.74 Å². The van der Waals surface area contributed by atoms with E-state index in [0.29, 0.717) is 6.42 Å². The summed E-state index contributed by atoms with van der Waals surface area (Å²) in [5, 5.41) is 0. The molecular weight excluding hydrogens is 212 g/mol. The third kappa shape index (κ3) is 1.73. The molecule has 3 unspecified atom stereocenters. The van der Waals surface area contributed by atoms with Crippen molar-refractivity contribution < 1.29 is 9.53 Å². The number of carbonyl (C=O) groups is 1. The van der Waals surface area contributed by atoms with Crippen molar-refractivity contribution >= 4 is 5.78 Å². The van der Waals surface area contributed by atoms with Crippen LogP contribution < -0.4 is 0 Å². The smallest absolute Gasteiger partial charge is 0.147 e. The van der Waals surface area contributed by atoms with Gasteiger partial charge in [0.1, 0.15) is 5.78 Å². The predicted molar refractivity (Wildman–Crippen MR) is 65.8 cm³/mol. The molecule has 0 bridgehead atoms. The molecule has 1 aromatic carbocycles. The molecule has 2 heteroatoms. The lowest BCUT2D eigenvalue weighted by atomic mass is 9.78. The van der Waals surface area contributed by atoms with Crippen LogP contribution >= 0.6 is 0 Å². The number of hydrogen-bond donors (Lipinski definition) is 0. The number of fused-ring (bicyclic) bond motifs is 3. The molecule has 1 aliphatic heterocycles. The van der Waals surface area contributed by atoms with Gasteiger partial charge in [-0.25, -0.2) is 0 Å². The zero-order valence-electron chi connectivity index (χ0n) is 10.1. The van der Waals surface area contributed by atoms with Crippen LogP contribution in [0.1, 0.15) is 29.7 Å². The standard InChI is InChI=1S/C15H16O2/c1-9-3-5-11-8-14(16)12-6-4-10(2)17-15(12)13(11)7-9/h3-7,10,12,15H,8H2,1-2H3. The second-order valence-corrected chi connectivity index (χ2v) is 5.02. The van der Waals surface area contributed by atoms with Crippen molar-refractivity contribution in [1.82, 2.24) is 0 Å². The van der Waals surface area contributed by atoms with Crippen molar-refractivity contribution in [1.29, 1.82) is 0 Å². The monoisotopic (exact) mass is 228 g/mol. The van der Waals surface area contributed by atoms with Crippen LogP contribution in [0.5, 0.6) is 0 Å². The van der Waals surface area contributed by atoms with Crippen LogP contribution in [0.2, 0.25) is 0 Å². The Kier molecular flexibility index (Phi) is 2.40. The van der Waals surface area contributed by atoms with Gasteiger partial charge in [0.15, 0.2) is 0 Å². The molecule has 1 aliphatic carbocycles. The molecule has 0 radical (unpaired) electrons. The van der Waals surface area contributed by atoms with E-state index in [1.165, 1.54) is 11.1 Å². The van der Waals surface area contributed by atoms with Gasteiger partial charge in [-0.15, -0.1) is 0 Å². The maximum absolute atomic E-state index is 12.1. The summed E-state index contributed by atoms with van der Waals surface area (Å²) in [5.74, 6) is 0.190. The van der Waals surface area contributed by atoms with E-state index < -0.39 is 0 Å². The molecule has 0 saturated heterocycles. The normalized spacial score (nSPS) is 30.9. The van der Waals surface area contributed by atoms with Crippen molar-refractivity contribution in [2.75, 3.05) is 0 Å². The predicted octanol–water partition coefficient (Wildman–Crippen LogP) is 2.75. The highest BCUT2D eigenvalue weighted by Gasteiger charge is 2.37. The molecule has 0 saturated carbocycles. The largest absolute Gasteiger partial charge is 0.365 e. The summed E-state index contributed by atoms with van der Waals surface area (Å²) in [6.45, 7) is 4.09. The second kappa shape index (κ2) is 3.81. The Labute approximate surface area is 101 Å². The van der Waals surface area contributed by atoms with Gasteiger partial charge in [-0.3, -0.25) is 4.79 Å². The summed E-state index contributed by atoms with van der Waals surface area (Å²) in [6.07, 6.45) is 4.56. The molecule has 2 nitrogen and oxygen atoms in total. The molecule has 88 valence electrons. The highest BCUT2D eigenvalue weighted by atomic mass is 16.5. The SMILES string of the molecule is Cc1ccc2c(c1)C1OC(C)C=CC1C(=O)C2. The van der Waals surface area contributed by atoms with Crippen LogP contribution in [0.4, 0.5) is 0 Å². The van der Waals surface area contributed by atoms with Crippen LogP contribution in [0.15, 0.2) is 30.4 Å². The summed E-state index contributed by atoms with van der Waals surface area (Å²) < 4.78 is 5.93. The fourth-order valence-electron chi connectivity index (χ4n) is 2.73. The van der Waals surface area contributed by atoms with Gasteiger partial charge in [0.05, 0.1) is 18.1 Å². The first kappa shape index (κ1) is 10.7. The Bertz CT molecular complexity index is 502. The minimum atomic E-state index is -0.0829. The summed E-state index contributed by atoms with van der Waals surface area (Å²) >= 11 is 0. The van der Waals surface area contributed by atoms with E-state index in [2.05, 4.69) is 25.1 Å². The van der Waals surface area contributed by atoms with Crippen molar-refractivity contribution in [3.8, 4) is 0 Å². The molecule has 0 spiro atoms. The van der Waals surface area contributed by atoms with E-state index >= 15 is 0 Å². The van der Waals surface area contributed by atoms with Crippen LogP contribution in [-0.2, 0) is 16.0 Å². The first-order valence-electron chi connectivity index (χ1n) is 6.11. The zero-order chi connectivity index (χ0) is 12.0. The van der Waals surface area contributed by atoms with Crippen LogP contribution in [0, 0.1) is 12.8 Å². The molecule has 1 heterocycles. The van der Waals surface area contributed by atoms with Gasteiger partial charge in [0.2, 0.25) is 0 Å². The average molecular weight is 228 g/mol. The Balaban J connectivity index is 2.11. The highest BCUT2D eigenvalue weighted by molar-refractivity contribution is 5.88. The molecule has 0 N–H and O–H groups in total. The maximum atomic E-state index is 12.1. The van der Waals surface area contributed by atoms with E-state index in [0.717, 1.165) is 5.56 Å². The van der Waals surface area contributed by atoms with Gasteiger partial charge in [0.25, 0.3) is 0 Å². The molecule has 17 heavy (non-hydrogen) atoms. The Morgan fingerprint density at radius 2 is 2.12 bits per heavy atom. The number of benzene rings is 1. The Morgan fingerprint density at radius 3 is 2.94 bits per heavy atom. The van der Waals surface area contributed by atoms with Crippen molar-refractivity contribution in [2.45, 2.75) is 32.5 Å². The number of aryl methyl sites for hydroxylation is 1. The lowest BCUT2D eigenvalue weighted by Crippen LogP contribution is -2.34. The van der Waals surface area contributed by atoms with Crippen LogP contribution in [0.3, 0.4) is 0 Å². The maximum Gasteiger partial charge on any atom is 0.147 e. The second-order valence-electron chi connectivity index (χ2n) is 5.02. The molecule has 2 aliphatic rings. The molecule has 0 fully saturated rings. The molecule has 3 atom stereocenters. The Morgan fingerprint density at radius 1 is 1.29 bits per heavy atom. The third-order valence-corrected chi connectivity index (χ3v) is 3.62. The van der Waals surface area contributed by atoms with E-state index in [1.807, 2.05) is 19.1 Å². The lowest BCUT2D eigenvalue weighted by Gasteiger charge is -2.35. The summed E-state index contributed by atoms with van der Waals surface area (Å²) in [4.78, 5) is 12.1. The molecular formula is C15H16O2. The highest BCUT2D eigenvalue weighted by Crippen LogP contribution is 2.39. The van der Waals surface area contributed by atoms with Gasteiger partial charge in [-0.2, -0.15) is 0 Å². The fourth-order valence-corrected chi connectivity index (χ4v) is 2.73. The quantitative estimate of drug-likeness (QED) is 0.638. The molecule has 0 aromatic heterocycles. The first-order valence-corrected chi connectivity index (χ1v) is 6.11. The summed E-state index contributed by atoms with van der Waals surface area (Å²) in [7, 11) is 0. The topological polar surface area (TPSA) is 26.3 Å². The van der Waals surface area contributed by atoms with Gasteiger partial charge < -0.3 is 4.74 Å². The van der Waals surface area contributed by atoms with E-state index in [9.17, 15) is 4.79 Å². The first-order chi connectivity index (χ1) is 8.15. The average Bonchev–Trinajstić information content (AvgIpc) is 2.30. The van der Waals surface area contributed by atoms with Crippen molar-refractivity contribution in [3.63, 3.8) is 0 Å². The number of ether oxygens (including phenoxy) is 1. The number of rotatable bonds is 0. The summed E-state index contributed by atoms with van der Waals surface area (Å²) in [6, 6.07) is 6.28. The fraction of sp³-hybridized carbons (Fsp3) is 0.400. The van der Waals surface area contributed by atoms with Gasteiger partial charge >= 0.3 is 0 Å². The minimum absolute atomic E-state index is 0.0776. The third-order valence-electron chi connectivity index (χ3n) is 3.62. The molecule has 0 amide bonds. The van der Waals surface area contributed by atoms with E-state index in [1.54, 1.807) is 0 Å². The van der Waals surface area contributed by atoms with Crippen molar-refractivity contribution in [2.24, 2.45) is 5.92 Å². The lowest BCUT2D eigenvalue weighted by molar-refractivity contribution is -0.128. The number of Topliss-reactive ketones (excluding diaryl/α,β-unsaturated/α-hetero) is 1.